The molecule has 1 unspecified atom stereocenters. The predicted molar refractivity (Wildman–Crippen MR) is 85.0 cm³/mol. The fourth-order valence-corrected chi connectivity index (χ4v) is 3.01. The molecule has 0 bridgehead atoms. The molecular formula is C16H15ClF3NO5. The fraction of sp³-hybridized carbons (Fsp3) is 0.438. The van der Waals surface area contributed by atoms with Crippen LogP contribution in [0.3, 0.4) is 0 Å². The van der Waals surface area contributed by atoms with Crippen molar-refractivity contribution in [1.29, 1.82) is 0 Å². The minimum atomic E-state index is -5.18. The fourth-order valence-electron chi connectivity index (χ4n) is 2.86. The van der Waals surface area contributed by atoms with Crippen LogP contribution in [0.25, 0.3) is 10.9 Å². The Hall–Kier alpha value is -1.65. The molecule has 6 nitrogen and oxygen atoms in total. The highest BCUT2D eigenvalue weighted by molar-refractivity contribution is 6.29. The second kappa shape index (κ2) is 6.82. The Kier molecular flexibility index (Phi) is 5.02. The SMILES string of the molecule is OCC1O[C@H](COc2ccc3ccc(Cl)nc3c2)[C@](O)(C(F)(F)F)[C@H]1O. The number of rotatable bonds is 4. The third-order valence-electron chi connectivity index (χ3n) is 4.30. The number of ether oxygens (including phenoxy) is 2. The summed E-state index contributed by atoms with van der Waals surface area (Å²) in [4.78, 5) is 4.07. The molecule has 0 radical (unpaired) electrons. The normalized spacial score (nSPS) is 29.3. The minimum absolute atomic E-state index is 0.183. The average Bonchev–Trinajstić information content (AvgIpc) is 2.84. The predicted octanol–water partition coefficient (Wildman–Crippen LogP) is 1.68. The first kappa shape index (κ1) is 19.1. The molecule has 1 aliphatic rings. The number of halogens is 4. The quantitative estimate of drug-likeness (QED) is 0.685. The zero-order valence-corrected chi connectivity index (χ0v) is 13.9. The summed E-state index contributed by atoms with van der Waals surface area (Å²) in [6.45, 7) is -1.58. The van der Waals surface area contributed by atoms with Gasteiger partial charge < -0.3 is 24.8 Å². The maximum Gasteiger partial charge on any atom is 0.422 e. The number of benzene rings is 1. The Morgan fingerprint density at radius 3 is 2.62 bits per heavy atom. The van der Waals surface area contributed by atoms with E-state index in [-0.39, 0.29) is 10.9 Å². The lowest BCUT2D eigenvalue weighted by Gasteiger charge is -2.32. The lowest BCUT2D eigenvalue weighted by molar-refractivity contribution is -0.295. The largest absolute Gasteiger partial charge is 0.491 e. The van der Waals surface area contributed by atoms with Gasteiger partial charge in [-0.05, 0) is 24.3 Å². The summed E-state index contributed by atoms with van der Waals surface area (Å²) >= 11 is 5.81. The molecule has 0 spiro atoms. The van der Waals surface area contributed by atoms with Crippen molar-refractivity contribution in [3.63, 3.8) is 0 Å². The number of pyridine rings is 1. The Morgan fingerprint density at radius 1 is 1.27 bits per heavy atom. The van der Waals surface area contributed by atoms with Gasteiger partial charge in [0.2, 0.25) is 5.60 Å². The van der Waals surface area contributed by atoms with E-state index in [1.807, 2.05) is 0 Å². The molecule has 0 aliphatic carbocycles. The molecular weight excluding hydrogens is 379 g/mol. The number of fused-ring (bicyclic) bond motifs is 1. The second-order valence-electron chi connectivity index (χ2n) is 5.91. The summed E-state index contributed by atoms with van der Waals surface area (Å²) in [6.07, 6.45) is -11.0. The molecule has 0 amide bonds. The maximum absolute atomic E-state index is 13.3. The molecule has 3 N–H and O–H groups in total. The van der Waals surface area contributed by atoms with Gasteiger partial charge in [-0.3, -0.25) is 0 Å². The van der Waals surface area contributed by atoms with E-state index in [1.165, 1.54) is 12.1 Å². The first-order valence-corrected chi connectivity index (χ1v) is 7.97. The monoisotopic (exact) mass is 393 g/mol. The minimum Gasteiger partial charge on any atom is -0.491 e. The van der Waals surface area contributed by atoms with Crippen molar-refractivity contribution in [1.82, 2.24) is 4.98 Å². The van der Waals surface area contributed by atoms with Crippen LogP contribution in [0.4, 0.5) is 13.2 Å². The zero-order valence-electron chi connectivity index (χ0n) is 13.2. The first-order valence-electron chi connectivity index (χ1n) is 7.59. The third kappa shape index (κ3) is 3.21. The molecule has 1 aromatic heterocycles. The maximum atomic E-state index is 13.3. The van der Waals surface area contributed by atoms with Crippen LogP contribution in [0.1, 0.15) is 0 Å². The molecule has 0 saturated carbocycles. The highest BCUT2D eigenvalue weighted by atomic mass is 35.5. The van der Waals surface area contributed by atoms with Crippen LogP contribution in [0, 0.1) is 0 Å². The van der Waals surface area contributed by atoms with E-state index in [1.54, 1.807) is 18.2 Å². The molecule has 26 heavy (non-hydrogen) atoms. The molecule has 2 heterocycles. The molecule has 3 rings (SSSR count). The van der Waals surface area contributed by atoms with Crippen molar-refractivity contribution >= 4 is 22.5 Å². The van der Waals surface area contributed by atoms with Gasteiger partial charge >= 0.3 is 6.18 Å². The molecule has 1 aromatic carbocycles. The van der Waals surface area contributed by atoms with Crippen molar-refractivity contribution in [2.75, 3.05) is 13.2 Å². The molecule has 2 aromatic rings. The van der Waals surface area contributed by atoms with Gasteiger partial charge in [-0.15, -0.1) is 0 Å². The standard InChI is InChI=1S/C16H15ClF3NO5/c17-13-4-2-8-1-3-9(5-10(8)21-13)25-7-12-15(24,16(18,19)20)14(23)11(6-22)26-12/h1-5,11-12,14,22-24H,6-7H2/t11?,12-,14+,15-/m1/s1. The Morgan fingerprint density at radius 2 is 1.96 bits per heavy atom. The highest BCUT2D eigenvalue weighted by Gasteiger charge is 2.69. The molecule has 142 valence electrons. The van der Waals surface area contributed by atoms with Crippen LogP contribution >= 0.6 is 11.6 Å². The molecule has 1 saturated heterocycles. The highest BCUT2D eigenvalue weighted by Crippen LogP contribution is 2.43. The van der Waals surface area contributed by atoms with E-state index < -0.39 is 43.3 Å². The summed E-state index contributed by atoms with van der Waals surface area (Å²) in [7, 11) is 0. The number of hydrogen-bond donors (Lipinski definition) is 3. The van der Waals surface area contributed by atoms with Crippen LogP contribution in [0.5, 0.6) is 5.75 Å². The average molecular weight is 394 g/mol. The summed E-state index contributed by atoms with van der Waals surface area (Å²) in [5, 5.41) is 29.8. The van der Waals surface area contributed by atoms with Crippen molar-refractivity contribution < 1.29 is 38.0 Å². The summed E-state index contributed by atoms with van der Waals surface area (Å²) in [6, 6.07) is 7.95. The molecule has 4 atom stereocenters. The number of aliphatic hydroxyl groups excluding tert-OH is 2. The van der Waals surface area contributed by atoms with E-state index in [9.17, 15) is 23.4 Å². The zero-order chi connectivity index (χ0) is 19.1. The Labute approximate surface area is 150 Å². The van der Waals surface area contributed by atoms with Gasteiger partial charge in [0.15, 0.2) is 0 Å². The molecule has 10 heteroatoms. The van der Waals surface area contributed by atoms with Crippen LogP contribution in [0.15, 0.2) is 30.3 Å². The lowest BCUT2D eigenvalue weighted by Crippen LogP contribution is -2.60. The van der Waals surface area contributed by atoms with Crippen molar-refractivity contribution in [3.8, 4) is 5.75 Å². The van der Waals surface area contributed by atoms with Gasteiger partial charge in [0, 0.05) is 11.5 Å². The third-order valence-corrected chi connectivity index (χ3v) is 4.51. The lowest BCUT2D eigenvalue weighted by atomic mass is 9.90. The summed E-state index contributed by atoms with van der Waals surface area (Å²) in [5.74, 6) is 0.183. The molecule has 1 fully saturated rings. The topological polar surface area (TPSA) is 92.0 Å². The van der Waals surface area contributed by atoms with Gasteiger partial charge in [-0.1, -0.05) is 11.6 Å². The van der Waals surface area contributed by atoms with E-state index in [0.29, 0.717) is 5.52 Å². The number of aromatic nitrogens is 1. The van der Waals surface area contributed by atoms with Gasteiger partial charge in [-0.2, -0.15) is 13.2 Å². The summed E-state index contributed by atoms with van der Waals surface area (Å²) < 4.78 is 50.1. The van der Waals surface area contributed by atoms with Crippen molar-refractivity contribution in [2.45, 2.75) is 30.1 Å². The van der Waals surface area contributed by atoms with Crippen LogP contribution in [-0.2, 0) is 4.74 Å². The Balaban J connectivity index is 1.81. The van der Waals surface area contributed by atoms with Gasteiger partial charge in [0.25, 0.3) is 0 Å². The summed E-state index contributed by atoms with van der Waals surface area (Å²) in [5.41, 5.74) is -3.08. The number of aliphatic hydroxyl groups is 3. The number of hydrogen-bond acceptors (Lipinski definition) is 6. The van der Waals surface area contributed by atoms with Gasteiger partial charge in [0.05, 0.1) is 12.1 Å². The smallest absolute Gasteiger partial charge is 0.422 e. The van der Waals surface area contributed by atoms with E-state index >= 15 is 0 Å². The van der Waals surface area contributed by atoms with Crippen LogP contribution in [-0.4, -0.2) is 63.6 Å². The second-order valence-corrected chi connectivity index (χ2v) is 6.30. The van der Waals surface area contributed by atoms with Crippen molar-refractivity contribution in [3.05, 3.63) is 35.5 Å². The van der Waals surface area contributed by atoms with Gasteiger partial charge in [-0.25, -0.2) is 4.98 Å². The first-order chi connectivity index (χ1) is 12.2. The van der Waals surface area contributed by atoms with Crippen molar-refractivity contribution in [2.24, 2.45) is 0 Å². The van der Waals surface area contributed by atoms with Gasteiger partial charge in [0.1, 0.15) is 35.8 Å². The van der Waals surface area contributed by atoms with E-state index in [4.69, 9.17) is 26.2 Å². The van der Waals surface area contributed by atoms with Crippen LogP contribution in [0.2, 0.25) is 5.15 Å². The molecule has 1 aliphatic heterocycles. The van der Waals surface area contributed by atoms with E-state index in [0.717, 1.165) is 5.39 Å². The number of nitrogens with zero attached hydrogens (tertiary/aromatic N) is 1. The Bertz CT molecular complexity index is 805. The van der Waals surface area contributed by atoms with Crippen LogP contribution < -0.4 is 4.74 Å². The van der Waals surface area contributed by atoms with E-state index in [2.05, 4.69) is 4.98 Å². The number of alkyl halides is 3.